The second-order valence-electron chi connectivity index (χ2n) is 6.02. The van der Waals surface area contributed by atoms with Crippen LogP contribution in [0.1, 0.15) is 37.2 Å². The van der Waals surface area contributed by atoms with Gasteiger partial charge in [-0.2, -0.15) is 5.10 Å². The molecule has 1 aromatic rings. The second-order valence-corrected chi connectivity index (χ2v) is 6.02. The van der Waals surface area contributed by atoms with Crippen LogP contribution in [0.15, 0.2) is 0 Å². The molecule has 0 unspecified atom stereocenters. The van der Waals surface area contributed by atoms with Gasteiger partial charge in [-0.05, 0) is 34.1 Å². The fraction of sp³-hybridized carbons (Fsp3) is 0.714. The summed E-state index contributed by atoms with van der Waals surface area (Å²) in [7, 11) is 0. The number of rotatable bonds is 4. The van der Waals surface area contributed by atoms with Crippen molar-refractivity contribution in [1.82, 2.24) is 20.4 Å². The molecule has 1 saturated heterocycles. The van der Waals surface area contributed by atoms with Crippen LogP contribution in [0.25, 0.3) is 0 Å². The minimum Gasteiger partial charge on any atom is -0.353 e. The Balaban J connectivity index is 2.10. The predicted octanol–water partition coefficient (Wildman–Crippen LogP) is 0.453. The molecule has 1 fully saturated rings. The molecule has 6 heteroatoms. The van der Waals surface area contributed by atoms with Crippen LogP contribution >= 0.6 is 0 Å². The fourth-order valence-corrected chi connectivity index (χ4v) is 2.78. The van der Waals surface area contributed by atoms with Crippen LogP contribution in [-0.4, -0.2) is 45.7 Å². The maximum absolute atomic E-state index is 12.3. The van der Waals surface area contributed by atoms with Gasteiger partial charge >= 0.3 is 0 Å². The lowest BCUT2D eigenvalue weighted by Gasteiger charge is -2.24. The van der Waals surface area contributed by atoms with E-state index in [0.717, 1.165) is 24.5 Å². The van der Waals surface area contributed by atoms with Crippen molar-refractivity contribution in [3.63, 3.8) is 0 Å². The first-order chi connectivity index (χ1) is 9.38. The van der Waals surface area contributed by atoms with Gasteiger partial charge in [-0.25, -0.2) is 0 Å². The highest BCUT2D eigenvalue weighted by atomic mass is 16.2. The number of H-pyrrole nitrogens is 1. The summed E-state index contributed by atoms with van der Waals surface area (Å²) >= 11 is 0. The Hall–Kier alpha value is -1.40. The third kappa shape index (κ3) is 3.19. The molecule has 2 atom stereocenters. The topological polar surface area (TPSA) is 87.0 Å². The summed E-state index contributed by atoms with van der Waals surface area (Å²) in [6.45, 7) is 9.41. The van der Waals surface area contributed by atoms with E-state index in [1.807, 2.05) is 27.7 Å². The van der Waals surface area contributed by atoms with Crippen molar-refractivity contribution >= 4 is 5.91 Å². The number of aromatic amines is 1. The van der Waals surface area contributed by atoms with Crippen molar-refractivity contribution in [2.24, 2.45) is 5.73 Å². The van der Waals surface area contributed by atoms with Gasteiger partial charge in [-0.1, -0.05) is 0 Å². The van der Waals surface area contributed by atoms with E-state index >= 15 is 0 Å². The molecular weight excluding hydrogens is 254 g/mol. The number of hydrogen-bond acceptors (Lipinski definition) is 4. The first kappa shape index (κ1) is 15.0. The highest BCUT2D eigenvalue weighted by molar-refractivity contribution is 5.82. The summed E-state index contributed by atoms with van der Waals surface area (Å²) < 4.78 is 0. The number of hydrogen-bond donors (Lipinski definition) is 3. The standard InChI is InChI=1S/C14H25N5O/c1-8(2)16-14(20)13-5-11(15)6-19(13)7-12-9(3)17-18-10(12)4/h8,11,13H,5-7,15H2,1-4H3,(H,16,20)(H,17,18)/t11-,13-/m0/s1. The molecule has 6 nitrogen and oxygen atoms in total. The maximum atomic E-state index is 12.3. The lowest BCUT2D eigenvalue weighted by Crippen LogP contribution is -2.45. The van der Waals surface area contributed by atoms with E-state index in [2.05, 4.69) is 20.4 Å². The monoisotopic (exact) mass is 279 g/mol. The zero-order valence-corrected chi connectivity index (χ0v) is 12.7. The number of nitrogens with one attached hydrogen (secondary N) is 2. The highest BCUT2D eigenvalue weighted by Crippen LogP contribution is 2.22. The Morgan fingerprint density at radius 3 is 2.80 bits per heavy atom. The van der Waals surface area contributed by atoms with Gasteiger partial charge in [-0.3, -0.25) is 14.8 Å². The van der Waals surface area contributed by atoms with Crippen LogP contribution in [0.5, 0.6) is 0 Å². The summed E-state index contributed by atoms with van der Waals surface area (Å²) in [6.07, 6.45) is 0.717. The minimum absolute atomic E-state index is 0.0606. The van der Waals surface area contributed by atoms with Crippen molar-refractivity contribution in [3.05, 3.63) is 17.0 Å². The molecule has 0 saturated carbocycles. The minimum atomic E-state index is -0.138. The van der Waals surface area contributed by atoms with Gasteiger partial charge in [0, 0.05) is 36.4 Å². The average molecular weight is 279 g/mol. The SMILES string of the molecule is Cc1n[nH]c(C)c1CN1C[C@@H](N)C[C@H]1C(=O)NC(C)C. The van der Waals surface area contributed by atoms with Crippen molar-refractivity contribution in [2.75, 3.05) is 6.54 Å². The number of nitrogens with zero attached hydrogens (tertiary/aromatic N) is 2. The normalized spacial score (nSPS) is 23.5. The number of aryl methyl sites for hydroxylation is 2. The van der Waals surface area contributed by atoms with E-state index in [1.165, 1.54) is 5.56 Å². The molecule has 20 heavy (non-hydrogen) atoms. The summed E-state index contributed by atoms with van der Waals surface area (Å²) in [5.41, 5.74) is 9.26. The number of nitrogens with two attached hydrogens (primary N) is 1. The van der Waals surface area contributed by atoms with Crippen molar-refractivity contribution < 1.29 is 4.79 Å². The molecule has 0 spiro atoms. The zero-order chi connectivity index (χ0) is 14.9. The van der Waals surface area contributed by atoms with Crippen molar-refractivity contribution in [1.29, 1.82) is 0 Å². The number of carbonyl (C=O) groups is 1. The lowest BCUT2D eigenvalue weighted by atomic mass is 10.1. The fourth-order valence-electron chi connectivity index (χ4n) is 2.78. The van der Waals surface area contributed by atoms with Gasteiger partial charge in [0.1, 0.15) is 0 Å². The second kappa shape index (κ2) is 5.93. The van der Waals surface area contributed by atoms with Crippen molar-refractivity contribution in [3.8, 4) is 0 Å². The van der Waals surface area contributed by atoms with Crippen LogP contribution in [0.2, 0.25) is 0 Å². The number of carbonyl (C=O) groups excluding carboxylic acids is 1. The molecule has 0 aromatic carbocycles. The number of aromatic nitrogens is 2. The molecule has 2 heterocycles. The molecule has 0 bridgehead atoms. The number of likely N-dealkylation sites (tertiary alicyclic amines) is 1. The van der Waals surface area contributed by atoms with Crippen LogP contribution < -0.4 is 11.1 Å². The Morgan fingerprint density at radius 1 is 1.55 bits per heavy atom. The van der Waals surface area contributed by atoms with Gasteiger partial charge in [0.05, 0.1) is 11.7 Å². The van der Waals surface area contributed by atoms with E-state index in [0.29, 0.717) is 6.42 Å². The molecule has 4 N–H and O–H groups in total. The van der Waals surface area contributed by atoms with Crippen molar-refractivity contribution in [2.45, 2.75) is 58.8 Å². The zero-order valence-electron chi connectivity index (χ0n) is 12.7. The Bertz CT molecular complexity index is 462. The van der Waals surface area contributed by atoms with E-state index in [4.69, 9.17) is 5.73 Å². The molecule has 112 valence electrons. The quantitative estimate of drug-likeness (QED) is 0.747. The van der Waals surface area contributed by atoms with Gasteiger partial charge in [0.15, 0.2) is 0 Å². The molecule has 1 aliphatic rings. The van der Waals surface area contributed by atoms with Crippen LogP contribution in [0, 0.1) is 13.8 Å². The van der Waals surface area contributed by atoms with Crippen LogP contribution in [0.3, 0.4) is 0 Å². The summed E-state index contributed by atoms with van der Waals surface area (Å²) in [5.74, 6) is 0.0757. The Labute approximate surface area is 120 Å². The maximum Gasteiger partial charge on any atom is 0.237 e. The molecule has 0 radical (unpaired) electrons. The average Bonchev–Trinajstić information content (AvgIpc) is 2.86. The van der Waals surface area contributed by atoms with E-state index < -0.39 is 0 Å². The van der Waals surface area contributed by atoms with E-state index in [1.54, 1.807) is 0 Å². The van der Waals surface area contributed by atoms with Crippen LogP contribution in [-0.2, 0) is 11.3 Å². The first-order valence-electron chi connectivity index (χ1n) is 7.19. The predicted molar refractivity (Wildman–Crippen MR) is 78.1 cm³/mol. The largest absolute Gasteiger partial charge is 0.353 e. The summed E-state index contributed by atoms with van der Waals surface area (Å²) in [6, 6.07) is 0.0742. The molecular formula is C14H25N5O. The Kier molecular flexibility index (Phi) is 4.45. The molecule has 2 rings (SSSR count). The van der Waals surface area contributed by atoms with Gasteiger partial charge in [0.25, 0.3) is 0 Å². The number of amides is 1. The third-order valence-electron chi connectivity index (χ3n) is 3.81. The van der Waals surface area contributed by atoms with Gasteiger partial charge in [0.2, 0.25) is 5.91 Å². The van der Waals surface area contributed by atoms with Gasteiger partial charge in [-0.15, -0.1) is 0 Å². The third-order valence-corrected chi connectivity index (χ3v) is 3.81. The van der Waals surface area contributed by atoms with E-state index in [9.17, 15) is 4.79 Å². The van der Waals surface area contributed by atoms with Gasteiger partial charge < -0.3 is 11.1 Å². The lowest BCUT2D eigenvalue weighted by molar-refractivity contribution is -0.126. The smallest absolute Gasteiger partial charge is 0.237 e. The molecule has 1 amide bonds. The Morgan fingerprint density at radius 2 is 2.25 bits per heavy atom. The van der Waals surface area contributed by atoms with Crippen LogP contribution in [0.4, 0.5) is 0 Å². The summed E-state index contributed by atoms with van der Waals surface area (Å²) in [4.78, 5) is 14.4. The van der Waals surface area contributed by atoms with E-state index in [-0.39, 0.29) is 24.0 Å². The molecule has 1 aromatic heterocycles. The molecule has 1 aliphatic heterocycles. The molecule has 0 aliphatic carbocycles. The highest BCUT2D eigenvalue weighted by Gasteiger charge is 2.35. The summed E-state index contributed by atoms with van der Waals surface area (Å²) in [5, 5.41) is 10.2. The first-order valence-corrected chi connectivity index (χ1v) is 7.19.